The molecule has 2 aromatic rings. The predicted octanol–water partition coefficient (Wildman–Crippen LogP) is 3.50. The second kappa shape index (κ2) is 7.64. The summed E-state index contributed by atoms with van der Waals surface area (Å²) >= 11 is 0. The Hall–Kier alpha value is -2.82. The van der Waals surface area contributed by atoms with Gasteiger partial charge in [0, 0.05) is 0 Å². The maximum absolute atomic E-state index is 11.7. The van der Waals surface area contributed by atoms with E-state index in [-0.39, 0.29) is 5.56 Å². The number of hydrogen-bond donors (Lipinski definition) is 2. The van der Waals surface area contributed by atoms with Gasteiger partial charge in [-0.05, 0) is 61.2 Å². The van der Waals surface area contributed by atoms with Crippen molar-refractivity contribution in [1.29, 1.82) is 0 Å². The van der Waals surface area contributed by atoms with Crippen LogP contribution in [-0.2, 0) is 11.2 Å². The molecular weight excluding hydrogens is 308 g/mol. The van der Waals surface area contributed by atoms with Gasteiger partial charge in [0.2, 0.25) is 0 Å². The van der Waals surface area contributed by atoms with Crippen LogP contribution in [0.3, 0.4) is 0 Å². The molecule has 126 valence electrons. The normalized spacial score (nSPS) is 11.8. The summed E-state index contributed by atoms with van der Waals surface area (Å²) in [4.78, 5) is 22.6. The van der Waals surface area contributed by atoms with Gasteiger partial charge in [-0.15, -0.1) is 0 Å². The Labute approximate surface area is 140 Å². The standard InChI is InChI=1S/C19H20O5/c1-3-24-15-8-9-16(12(2)10-15)17(19(22)23)11-13-4-6-14(7-5-13)18(20)21/h4-10,17H,3,11H2,1-2H3,(H,20,21)(H,22,23). The third-order valence-corrected chi connectivity index (χ3v) is 3.87. The number of aromatic carboxylic acids is 1. The molecule has 5 heteroatoms. The van der Waals surface area contributed by atoms with Crippen molar-refractivity contribution in [2.75, 3.05) is 6.61 Å². The molecule has 0 aliphatic rings. The van der Waals surface area contributed by atoms with E-state index in [4.69, 9.17) is 9.84 Å². The SMILES string of the molecule is CCOc1ccc(C(Cc2ccc(C(=O)O)cc2)C(=O)O)c(C)c1. The summed E-state index contributed by atoms with van der Waals surface area (Å²) in [6, 6.07) is 11.7. The van der Waals surface area contributed by atoms with E-state index in [1.54, 1.807) is 24.3 Å². The summed E-state index contributed by atoms with van der Waals surface area (Å²) in [5.74, 6) is -1.90. The van der Waals surface area contributed by atoms with Gasteiger partial charge >= 0.3 is 11.9 Å². The molecule has 0 radical (unpaired) electrons. The van der Waals surface area contributed by atoms with Crippen LogP contribution in [0.15, 0.2) is 42.5 Å². The summed E-state index contributed by atoms with van der Waals surface area (Å²) in [6.45, 7) is 4.31. The van der Waals surface area contributed by atoms with E-state index in [0.29, 0.717) is 18.8 Å². The van der Waals surface area contributed by atoms with E-state index in [1.165, 1.54) is 12.1 Å². The lowest BCUT2D eigenvalue weighted by molar-refractivity contribution is -0.138. The van der Waals surface area contributed by atoms with Crippen LogP contribution in [0.1, 0.15) is 39.9 Å². The Kier molecular flexibility index (Phi) is 5.58. The molecule has 2 aromatic carbocycles. The molecule has 5 nitrogen and oxygen atoms in total. The van der Waals surface area contributed by atoms with Crippen molar-refractivity contribution in [2.24, 2.45) is 0 Å². The Morgan fingerprint density at radius 1 is 1.08 bits per heavy atom. The second-order valence-electron chi connectivity index (χ2n) is 5.55. The number of rotatable bonds is 7. The molecular formula is C19H20O5. The fourth-order valence-electron chi connectivity index (χ4n) is 2.65. The average molecular weight is 328 g/mol. The van der Waals surface area contributed by atoms with E-state index in [9.17, 15) is 14.7 Å². The molecule has 0 bridgehead atoms. The zero-order valence-electron chi connectivity index (χ0n) is 13.7. The van der Waals surface area contributed by atoms with Crippen LogP contribution < -0.4 is 4.74 Å². The van der Waals surface area contributed by atoms with Gasteiger partial charge in [0.1, 0.15) is 5.75 Å². The van der Waals surface area contributed by atoms with Crippen molar-refractivity contribution in [1.82, 2.24) is 0 Å². The molecule has 0 spiro atoms. The Bertz CT molecular complexity index is 734. The predicted molar refractivity (Wildman–Crippen MR) is 89.8 cm³/mol. The number of carbonyl (C=O) groups is 2. The van der Waals surface area contributed by atoms with Gasteiger partial charge in [0.25, 0.3) is 0 Å². The summed E-state index contributed by atoms with van der Waals surface area (Å²) < 4.78 is 5.43. The quantitative estimate of drug-likeness (QED) is 0.812. The fourth-order valence-corrected chi connectivity index (χ4v) is 2.65. The minimum atomic E-state index is -1.00. The van der Waals surface area contributed by atoms with Crippen molar-refractivity contribution in [2.45, 2.75) is 26.2 Å². The second-order valence-corrected chi connectivity index (χ2v) is 5.55. The van der Waals surface area contributed by atoms with E-state index >= 15 is 0 Å². The zero-order chi connectivity index (χ0) is 17.7. The first-order valence-electron chi connectivity index (χ1n) is 7.70. The largest absolute Gasteiger partial charge is 0.494 e. The molecule has 0 fully saturated rings. The maximum atomic E-state index is 11.7. The van der Waals surface area contributed by atoms with Gasteiger partial charge in [0.15, 0.2) is 0 Å². The summed E-state index contributed by atoms with van der Waals surface area (Å²) in [5.41, 5.74) is 2.55. The lowest BCUT2D eigenvalue weighted by Crippen LogP contribution is -2.16. The highest BCUT2D eigenvalue weighted by Crippen LogP contribution is 2.27. The van der Waals surface area contributed by atoms with Crippen LogP contribution in [0.2, 0.25) is 0 Å². The highest BCUT2D eigenvalue weighted by atomic mass is 16.5. The molecule has 0 saturated heterocycles. The number of ether oxygens (including phenoxy) is 1. The Balaban J connectivity index is 2.26. The molecule has 2 rings (SSSR count). The summed E-state index contributed by atoms with van der Waals surface area (Å²) in [5, 5.41) is 18.5. The first-order valence-corrected chi connectivity index (χ1v) is 7.70. The molecule has 1 unspecified atom stereocenters. The topological polar surface area (TPSA) is 83.8 Å². The van der Waals surface area contributed by atoms with Gasteiger partial charge < -0.3 is 14.9 Å². The molecule has 0 aromatic heterocycles. The maximum Gasteiger partial charge on any atom is 0.335 e. The first kappa shape index (κ1) is 17.5. The number of carboxylic acid groups (broad SMARTS) is 2. The summed E-state index contributed by atoms with van der Waals surface area (Å²) in [6.07, 6.45) is 0.296. The van der Waals surface area contributed by atoms with E-state index in [1.807, 2.05) is 19.9 Å². The molecule has 0 saturated carbocycles. The number of hydrogen-bond acceptors (Lipinski definition) is 3. The van der Waals surface area contributed by atoms with Crippen molar-refractivity contribution in [3.05, 3.63) is 64.7 Å². The third kappa shape index (κ3) is 4.13. The first-order chi connectivity index (χ1) is 11.4. The van der Waals surface area contributed by atoms with Crippen molar-refractivity contribution in [3.8, 4) is 5.75 Å². The van der Waals surface area contributed by atoms with Gasteiger partial charge in [-0.1, -0.05) is 18.2 Å². The molecule has 0 amide bonds. The highest BCUT2D eigenvalue weighted by Gasteiger charge is 2.22. The van der Waals surface area contributed by atoms with Gasteiger partial charge in [-0.3, -0.25) is 4.79 Å². The van der Waals surface area contributed by atoms with Crippen LogP contribution in [0.4, 0.5) is 0 Å². The molecule has 1 atom stereocenters. The average Bonchev–Trinajstić information content (AvgIpc) is 2.54. The van der Waals surface area contributed by atoms with E-state index < -0.39 is 17.9 Å². The van der Waals surface area contributed by atoms with Crippen LogP contribution in [0.5, 0.6) is 5.75 Å². The fraction of sp³-hybridized carbons (Fsp3) is 0.263. The van der Waals surface area contributed by atoms with Crippen LogP contribution in [0.25, 0.3) is 0 Å². The number of benzene rings is 2. The van der Waals surface area contributed by atoms with Crippen molar-refractivity contribution in [3.63, 3.8) is 0 Å². The van der Waals surface area contributed by atoms with Crippen LogP contribution in [-0.4, -0.2) is 28.8 Å². The smallest absolute Gasteiger partial charge is 0.335 e. The Morgan fingerprint density at radius 2 is 1.75 bits per heavy atom. The lowest BCUT2D eigenvalue weighted by Gasteiger charge is -2.16. The van der Waals surface area contributed by atoms with Gasteiger partial charge in [-0.25, -0.2) is 4.79 Å². The van der Waals surface area contributed by atoms with E-state index in [0.717, 1.165) is 16.7 Å². The molecule has 0 aliphatic heterocycles. The monoisotopic (exact) mass is 328 g/mol. The van der Waals surface area contributed by atoms with E-state index in [2.05, 4.69) is 0 Å². The summed E-state index contributed by atoms with van der Waals surface area (Å²) in [7, 11) is 0. The number of carboxylic acids is 2. The van der Waals surface area contributed by atoms with Crippen molar-refractivity contribution < 1.29 is 24.5 Å². The highest BCUT2D eigenvalue weighted by molar-refractivity contribution is 5.87. The van der Waals surface area contributed by atoms with Gasteiger partial charge in [0.05, 0.1) is 18.1 Å². The van der Waals surface area contributed by atoms with Gasteiger partial charge in [-0.2, -0.15) is 0 Å². The third-order valence-electron chi connectivity index (χ3n) is 3.87. The molecule has 2 N–H and O–H groups in total. The molecule has 0 aliphatic carbocycles. The van der Waals surface area contributed by atoms with Crippen molar-refractivity contribution >= 4 is 11.9 Å². The Morgan fingerprint density at radius 3 is 2.25 bits per heavy atom. The van der Waals surface area contributed by atoms with Crippen LogP contribution >= 0.6 is 0 Å². The minimum Gasteiger partial charge on any atom is -0.494 e. The molecule has 0 heterocycles. The number of aryl methyl sites for hydroxylation is 1. The lowest BCUT2D eigenvalue weighted by atomic mass is 9.89. The minimum absolute atomic E-state index is 0.183. The number of aliphatic carboxylic acids is 1. The zero-order valence-corrected chi connectivity index (χ0v) is 13.7. The molecule has 24 heavy (non-hydrogen) atoms. The van der Waals surface area contributed by atoms with Crippen LogP contribution in [0, 0.1) is 6.92 Å².